The molecule has 7 heteroatoms. The molecule has 1 heterocycles. The van der Waals surface area contributed by atoms with Crippen molar-refractivity contribution < 1.29 is 19.8 Å². The van der Waals surface area contributed by atoms with Crippen LogP contribution in [-0.4, -0.2) is 65.9 Å². The van der Waals surface area contributed by atoms with Gasteiger partial charge < -0.3 is 25.7 Å². The molecule has 0 bridgehead atoms. The van der Waals surface area contributed by atoms with Gasteiger partial charge in [0.15, 0.2) is 6.10 Å². The highest BCUT2D eigenvalue weighted by Gasteiger charge is 2.21. The first kappa shape index (κ1) is 13.7. The van der Waals surface area contributed by atoms with Gasteiger partial charge in [-0.3, -0.25) is 0 Å². The Morgan fingerprint density at radius 3 is 2.71 bits per heavy atom. The third kappa shape index (κ3) is 4.58. The Hall–Kier alpha value is -1.34. The lowest BCUT2D eigenvalue weighted by Gasteiger charge is -2.19. The van der Waals surface area contributed by atoms with E-state index in [2.05, 4.69) is 15.5 Å². The molecule has 0 radical (unpaired) electrons. The predicted molar refractivity (Wildman–Crippen MR) is 60.7 cm³/mol. The molecule has 1 aliphatic rings. The monoisotopic (exact) mass is 245 g/mol. The maximum absolute atomic E-state index is 11.3. The van der Waals surface area contributed by atoms with E-state index in [4.69, 9.17) is 10.2 Å². The summed E-state index contributed by atoms with van der Waals surface area (Å²) >= 11 is 0. The van der Waals surface area contributed by atoms with Gasteiger partial charge in [0, 0.05) is 12.6 Å². The first-order valence-electron chi connectivity index (χ1n) is 5.63. The molecule has 98 valence electrons. The van der Waals surface area contributed by atoms with Crippen LogP contribution >= 0.6 is 0 Å². The molecule has 0 aromatic heterocycles. The van der Waals surface area contributed by atoms with Crippen LogP contribution in [-0.2, 0) is 4.79 Å². The summed E-state index contributed by atoms with van der Waals surface area (Å²) < 4.78 is 0. The largest absolute Gasteiger partial charge is 0.479 e. The molecule has 7 nitrogen and oxygen atoms in total. The summed E-state index contributed by atoms with van der Waals surface area (Å²) in [7, 11) is 2.01. The summed E-state index contributed by atoms with van der Waals surface area (Å²) in [5, 5.41) is 22.3. The molecular weight excluding hydrogens is 226 g/mol. The molecule has 1 aliphatic heterocycles. The number of rotatable bonds is 5. The zero-order chi connectivity index (χ0) is 12.8. The summed E-state index contributed by atoms with van der Waals surface area (Å²) in [5.41, 5.74) is 0. The molecule has 17 heavy (non-hydrogen) atoms. The van der Waals surface area contributed by atoms with Gasteiger partial charge in [0.2, 0.25) is 0 Å². The molecule has 0 aromatic rings. The first-order valence-corrected chi connectivity index (χ1v) is 5.63. The number of hydrogen-bond donors (Lipinski definition) is 4. The van der Waals surface area contributed by atoms with Gasteiger partial charge in [-0.25, -0.2) is 9.59 Å². The van der Waals surface area contributed by atoms with Crippen LogP contribution < -0.4 is 10.6 Å². The van der Waals surface area contributed by atoms with Crippen LogP contribution in [0.3, 0.4) is 0 Å². The summed E-state index contributed by atoms with van der Waals surface area (Å²) in [5.74, 6) is -1.35. The van der Waals surface area contributed by atoms with Crippen molar-refractivity contribution in [2.75, 3.05) is 26.7 Å². The Bertz CT molecular complexity index is 285. The number of carboxylic acid groups (broad SMARTS) is 1. The van der Waals surface area contributed by atoms with Crippen LogP contribution in [0.4, 0.5) is 4.79 Å². The first-order chi connectivity index (χ1) is 8.00. The lowest BCUT2D eigenvalue weighted by atomic mass is 10.2. The SMILES string of the molecule is CN1CCCC1CNC(=O)NCC(O)C(=O)O. The van der Waals surface area contributed by atoms with E-state index in [-0.39, 0.29) is 6.54 Å². The van der Waals surface area contributed by atoms with Crippen molar-refractivity contribution in [3.8, 4) is 0 Å². The van der Waals surface area contributed by atoms with Crippen LogP contribution in [0.5, 0.6) is 0 Å². The molecule has 0 aliphatic carbocycles. The Balaban J connectivity index is 2.15. The molecule has 4 N–H and O–H groups in total. The minimum absolute atomic E-state index is 0.290. The lowest BCUT2D eigenvalue weighted by molar-refractivity contribution is -0.146. The normalized spacial score (nSPS) is 22.1. The Kier molecular flexibility index (Phi) is 5.17. The van der Waals surface area contributed by atoms with E-state index in [1.165, 1.54) is 0 Å². The second kappa shape index (κ2) is 6.41. The number of hydrogen-bond acceptors (Lipinski definition) is 4. The third-order valence-electron chi connectivity index (χ3n) is 2.91. The van der Waals surface area contributed by atoms with E-state index in [1.54, 1.807) is 0 Å². The Labute approximate surface area is 99.8 Å². The van der Waals surface area contributed by atoms with Gasteiger partial charge in [-0.2, -0.15) is 0 Å². The summed E-state index contributed by atoms with van der Waals surface area (Å²) in [6, 6.07) is -0.115. The highest BCUT2D eigenvalue weighted by Crippen LogP contribution is 2.13. The number of aliphatic carboxylic acids is 1. The second-order valence-electron chi connectivity index (χ2n) is 4.22. The number of carboxylic acids is 1. The van der Waals surface area contributed by atoms with Crippen molar-refractivity contribution in [3.05, 3.63) is 0 Å². The zero-order valence-electron chi connectivity index (χ0n) is 9.85. The molecule has 2 amide bonds. The van der Waals surface area contributed by atoms with Crippen LogP contribution in [0.2, 0.25) is 0 Å². The molecule has 1 rings (SSSR count). The van der Waals surface area contributed by atoms with Gasteiger partial charge in [-0.05, 0) is 26.4 Å². The zero-order valence-corrected chi connectivity index (χ0v) is 9.85. The Morgan fingerprint density at radius 1 is 1.47 bits per heavy atom. The van der Waals surface area contributed by atoms with Gasteiger partial charge in [0.1, 0.15) is 0 Å². The number of urea groups is 1. The summed E-state index contributed by atoms with van der Waals surface area (Å²) in [6.45, 7) is 1.28. The fourth-order valence-electron chi connectivity index (χ4n) is 1.79. The van der Waals surface area contributed by atoms with E-state index in [0.717, 1.165) is 19.4 Å². The fraction of sp³-hybridized carbons (Fsp3) is 0.800. The number of nitrogens with one attached hydrogen (secondary N) is 2. The van der Waals surface area contributed by atoms with E-state index in [0.29, 0.717) is 12.6 Å². The van der Waals surface area contributed by atoms with Gasteiger partial charge in [0.25, 0.3) is 0 Å². The summed E-state index contributed by atoms with van der Waals surface area (Å²) in [6.07, 6.45) is 0.617. The maximum atomic E-state index is 11.3. The molecule has 0 aromatic carbocycles. The Morgan fingerprint density at radius 2 is 2.18 bits per heavy atom. The second-order valence-corrected chi connectivity index (χ2v) is 4.22. The molecule has 1 fully saturated rings. The van der Waals surface area contributed by atoms with Crippen molar-refractivity contribution in [2.24, 2.45) is 0 Å². The van der Waals surface area contributed by atoms with Gasteiger partial charge in [-0.1, -0.05) is 0 Å². The van der Waals surface area contributed by atoms with Crippen LogP contribution in [0.15, 0.2) is 0 Å². The van der Waals surface area contributed by atoms with E-state index < -0.39 is 18.1 Å². The molecule has 2 unspecified atom stereocenters. The number of carbonyl (C=O) groups is 2. The molecule has 1 saturated heterocycles. The standard InChI is InChI=1S/C10H19N3O4/c1-13-4-2-3-7(13)5-11-10(17)12-6-8(14)9(15)16/h7-8,14H,2-6H2,1H3,(H,15,16)(H2,11,12,17). The average molecular weight is 245 g/mol. The number of aliphatic hydroxyl groups excluding tert-OH is 1. The summed E-state index contributed by atoms with van der Waals surface area (Å²) in [4.78, 5) is 23.8. The van der Waals surface area contributed by atoms with Gasteiger partial charge in [0.05, 0.1) is 6.54 Å². The minimum atomic E-state index is -1.56. The van der Waals surface area contributed by atoms with Crippen molar-refractivity contribution in [1.29, 1.82) is 0 Å². The van der Waals surface area contributed by atoms with Gasteiger partial charge in [-0.15, -0.1) is 0 Å². The van der Waals surface area contributed by atoms with Crippen LogP contribution in [0, 0.1) is 0 Å². The number of likely N-dealkylation sites (tertiary alicyclic amines) is 1. The minimum Gasteiger partial charge on any atom is -0.479 e. The van der Waals surface area contributed by atoms with Crippen LogP contribution in [0.1, 0.15) is 12.8 Å². The van der Waals surface area contributed by atoms with Crippen molar-refractivity contribution >= 4 is 12.0 Å². The maximum Gasteiger partial charge on any atom is 0.334 e. The third-order valence-corrected chi connectivity index (χ3v) is 2.91. The van der Waals surface area contributed by atoms with Crippen LogP contribution in [0.25, 0.3) is 0 Å². The quantitative estimate of drug-likeness (QED) is 0.488. The number of nitrogens with zero attached hydrogens (tertiary/aromatic N) is 1. The average Bonchev–Trinajstić information content (AvgIpc) is 2.68. The molecular formula is C10H19N3O4. The number of carbonyl (C=O) groups excluding carboxylic acids is 1. The molecule has 0 saturated carbocycles. The topological polar surface area (TPSA) is 102 Å². The lowest BCUT2D eigenvalue weighted by Crippen LogP contribution is -2.45. The van der Waals surface area contributed by atoms with Crippen molar-refractivity contribution in [1.82, 2.24) is 15.5 Å². The van der Waals surface area contributed by atoms with Crippen molar-refractivity contribution in [3.63, 3.8) is 0 Å². The van der Waals surface area contributed by atoms with E-state index in [9.17, 15) is 9.59 Å². The smallest absolute Gasteiger partial charge is 0.334 e. The van der Waals surface area contributed by atoms with E-state index in [1.807, 2.05) is 7.05 Å². The highest BCUT2D eigenvalue weighted by molar-refractivity contribution is 5.76. The number of aliphatic hydroxyl groups is 1. The molecule has 0 spiro atoms. The van der Waals surface area contributed by atoms with E-state index >= 15 is 0 Å². The number of amides is 2. The highest BCUT2D eigenvalue weighted by atomic mass is 16.4. The fourth-order valence-corrected chi connectivity index (χ4v) is 1.79. The molecule has 2 atom stereocenters. The van der Waals surface area contributed by atoms with Crippen molar-refractivity contribution in [2.45, 2.75) is 25.0 Å². The van der Waals surface area contributed by atoms with Gasteiger partial charge >= 0.3 is 12.0 Å². The number of likely N-dealkylation sites (N-methyl/N-ethyl adjacent to an activating group) is 1. The predicted octanol–water partition coefficient (Wildman–Crippen LogP) is -1.17.